The van der Waals surface area contributed by atoms with Gasteiger partial charge in [-0.25, -0.2) is 0 Å². The van der Waals surface area contributed by atoms with E-state index < -0.39 is 0 Å². The van der Waals surface area contributed by atoms with Crippen molar-refractivity contribution in [2.45, 2.75) is 19.4 Å². The molecule has 3 nitrogen and oxygen atoms in total. The lowest BCUT2D eigenvalue weighted by molar-refractivity contribution is -0.120. The van der Waals surface area contributed by atoms with Gasteiger partial charge in [-0.05, 0) is 24.6 Å². The molecule has 1 aromatic carbocycles. The highest BCUT2D eigenvalue weighted by molar-refractivity contribution is 9.10. The molecular formula is C11H15BrN2O. The first-order chi connectivity index (χ1) is 7.11. The summed E-state index contributed by atoms with van der Waals surface area (Å²) in [6, 6.07) is 7.75. The lowest BCUT2D eigenvalue weighted by Crippen LogP contribution is -2.38. The summed E-state index contributed by atoms with van der Waals surface area (Å²) >= 11 is 3.36. The van der Waals surface area contributed by atoms with E-state index in [0.29, 0.717) is 13.0 Å². The van der Waals surface area contributed by atoms with Crippen LogP contribution in [0.15, 0.2) is 28.7 Å². The third-order valence-corrected chi connectivity index (χ3v) is 2.51. The van der Waals surface area contributed by atoms with Crippen LogP contribution in [0.3, 0.4) is 0 Å². The summed E-state index contributed by atoms with van der Waals surface area (Å²) in [6.07, 6.45) is 0.393. The quantitative estimate of drug-likeness (QED) is 0.871. The van der Waals surface area contributed by atoms with Crippen molar-refractivity contribution < 1.29 is 4.79 Å². The van der Waals surface area contributed by atoms with E-state index in [1.54, 1.807) is 0 Å². The van der Waals surface area contributed by atoms with Crippen LogP contribution in [0.1, 0.15) is 12.5 Å². The lowest BCUT2D eigenvalue weighted by Gasteiger charge is -2.11. The first-order valence-corrected chi connectivity index (χ1v) is 5.65. The molecule has 1 rings (SSSR count). The summed E-state index contributed by atoms with van der Waals surface area (Å²) in [5.41, 5.74) is 6.41. The fraction of sp³-hybridized carbons (Fsp3) is 0.364. The Balaban J connectivity index is 2.51. The number of hydrogen-bond donors (Lipinski definition) is 2. The van der Waals surface area contributed by atoms with Crippen LogP contribution in [0.5, 0.6) is 0 Å². The Morgan fingerprint density at radius 3 is 2.93 bits per heavy atom. The highest BCUT2D eigenvalue weighted by Gasteiger charge is 2.06. The normalized spacial score (nSPS) is 12.2. The smallest absolute Gasteiger partial charge is 0.224 e. The van der Waals surface area contributed by atoms with Crippen molar-refractivity contribution in [1.82, 2.24) is 5.32 Å². The maximum atomic E-state index is 11.5. The molecule has 0 aliphatic heterocycles. The molecule has 1 aromatic rings. The maximum absolute atomic E-state index is 11.5. The Kier molecular flexibility index (Phi) is 4.78. The Labute approximate surface area is 98.2 Å². The summed E-state index contributed by atoms with van der Waals surface area (Å²) in [6.45, 7) is 2.35. The molecule has 0 bridgehead atoms. The van der Waals surface area contributed by atoms with Crippen LogP contribution in [0.2, 0.25) is 0 Å². The lowest BCUT2D eigenvalue weighted by atomic mass is 10.1. The van der Waals surface area contributed by atoms with Gasteiger partial charge in [-0.15, -0.1) is 0 Å². The number of carbonyl (C=O) groups is 1. The summed E-state index contributed by atoms with van der Waals surface area (Å²) in [7, 11) is 0. The summed E-state index contributed by atoms with van der Waals surface area (Å²) in [4.78, 5) is 11.5. The van der Waals surface area contributed by atoms with E-state index in [0.717, 1.165) is 10.0 Å². The van der Waals surface area contributed by atoms with Gasteiger partial charge in [-0.2, -0.15) is 0 Å². The van der Waals surface area contributed by atoms with Crippen LogP contribution >= 0.6 is 15.9 Å². The molecule has 0 spiro atoms. The predicted molar refractivity (Wildman–Crippen MR) is 64.5 cm³/mol. The van der Waals surface area contributed by atoms with E-state index in [2.05, 4.69) is 21.2 Å². The molecule has 0 aliphatic rings. The van der Waals surface area contributed by atoms with Crippen molar-refractivity contribution in [2.75, 3.05) is 6.54 Å². The van der Waals surface area contributed by atoms with E-state index >= 15 is 0 Å². The van der Waals surface area contributed by atoms with Crippen LogP contribution in [0.25, 0.3) is 0 Å². The van der Waals surface area contributed by atoms with Crippen LogP contribution in [-0.4, -0.2) is 18.5 Å². The van der Waals surface area contributed by atoms with Gasteiger partial charge in [0.15, 0.2) is 0 Å². The minimum absolute atomic E-state index is 0.00560. The standard InChI is InChI=1S/C11H15BrN2O/c1-8(7-13)14-11(15)6-9-3-2-4-10(12)5-9/h2-5,8H,6-7,13H2,1H3,(H,14,15). The summed E-state index contributed by atoms with van der Waals surface area (Å²) < 4.78 is 0.986. The molecule has 4 heteroatoms. The third kappa shape index (κ3) is 4.44. The van der Waals surface area contributed by atoms with Gasteiger partial charge in [0.25, 0.3) is 0 Å². The van der Waals surface area contributed by atoms with Crippen molar-refractivity contribution >= 4 is 21.8 Å². The van der Waals surface area contributed by atoms with Crippen LogP contribution < -0.4 is 11.1 Å². The third-order valence-electron chi connectivity index (χ3n) is 2.01. The molecule has 3 N–H and O–H groups in total. The maximum Gasteiger partial charge on any atom is 0.224 e. The molecule has 1 atom stereocenters. The molecular weight excluding hydrogens is 256 g/mol. The Morgan fingerprint density at radius 1 is 1.60 bits per heavy atom. The number of rotatable bonds is 4. The number of benzene rings is 1. The van der Waals surface area contributed by atoms with Gasteiger partial charge in [0.1, 0.15) is 0 Å². The van der Waals surface area contributed by atoms with Crippen molar-refractivity contribution in [3.8, 4) is 0 Å². The molecule has 1 unspecified atom stereocenters. The zero-order chi connectivity index (χ0) is 11.3. The van der Waals surface area contributed by atoms with Gasteiger partial charge in [0.05, 0.1) is 6.42 Å². The van der Waals surface area contributed by atoms with Crippen molar-refractivity contribution in [2.24, 2.45) is 5.73 Å². The van der Waals surface area contributed by atoms with Crippen LogP contribution in [0, 0.1) is 0 Å². The Morgan fingerprint density at radius 2 is 2.33 bits per heavy atom. The van der Waals surface area contributed by atoms with E-state index in [1.165, 1.54) is 0 Å². The van der Waals surface area contributed by atoms with Crippen molar-refractivity contribution in [1.29, 1.82) is 0 Å². The van der Waals surface area contributed by atoms with E-state index in [-0.39, 0.29) is 11.9 Å². The molecule has 82 valence electrons. The topological polar surface area (TPSA) is 55.1 Å². The Bertz CT molecular complexity index is 341. The number of amides is 1. The molecule has 0 fully saturated rings. The van der Waals surface area contributed by atoms with E-state index in [9.17, 15) is 4.79 Å². The predicted octanol–water partition coefficient (Wildman–Crippen LogP) is 1.46. The largest absolute Gasteiger partial charge is 0.352 e. The monoisotopic (exact) mass is 270 g/mol. The van der Waals surface area contributed by atoms with Gasteiger partial charge < -0.3 is 11.1 Å². The number of nitrogens with two attached hydrogens (primary N) is 1. The molecule has 0 heterocycles. The molecule has 0 aromatic heterocycles. The van der Waals surface area contributed by atoms with Gasteiger partial charge in [0, 0.05) is 17.1 Å². The summed E-state index contributed by atoms with van der Waals surface area (Å²) in [5.74, 6) is 0.00560. The van der Waals surface area contributed by atoms with E-state index in [1.807, 2.05) is 31.2 Å². The van der Waals surface area contributed by atoms with Crippen molar-refractivity contribution in [3.63, 3.8) is 0 Å². The van der Waals surface area contributed by atoms with Crippen LogP contribution in [0.4, 0.5) is 0 Å². The minimum Gasteiger partial charge on any atom is -0.352 e. The van der Waals surface area contributed by atoms with Gasteiger partial charge >= 0.3 is 0 Å². The number of hydrogen-bond acceptors (Lipinski definition) is 2. The SMILES string of the molecule is CC(CN)NC(=O)Cc1cccc(Br)c1. The fourth-order valence-corrected chi connectivity index (χ4v) is 1.66. The average Bonchev–Trinajstić information content (AvgIpc) is 2.17. The first-order valence-electron chi connectivity index (χ1n) is 4.85. The Hall–Kier alpha value is -0.870. The van der Waals surface area contributed by atoms with Gasteiger partial charge in [0.2, 0.25) is 5.91 Å². The highest BCUT2D eigenvalue weighted by Crippen LogP contribution is 2.11. The average molecular weight is 271 g/mol. The molecule has 0 radical (unpaired) electrons. The minimum atomic E-state index is 0.00560. The molecule has 0 aliphatic carbocycles. The van der Waals surface area contributed by atoms with Gasteiger partial charge in [-0.1, -0.05) is 28.1 Å². The summed E-state index contributed by atoms with van der Waals surface area (Å²) in [5, 5.41) is 2.82. The first kappa shape index (κ1) is 12.2. The number of nitrogens with one attached hydrogen (secondary N) is 1. The zero-order valence-corrected chi connectivity index (χ0v) is 10.3. The van der Waals surface area contributed by atoms with Crippen LogP contribution in [-0.2, 0) is 11.2 Å². The molecule has 0 saturated carbocycles. The highest BCUT2D eigenvalue weighted by atomic mass is 79.9. The molecule has 15 heavy (non-hydrogen) atoms. The second-order valence-electron chi connectivity index (χ2n) is 3.51. The van der Waals surface area contributed by atoms with E-state index in [4.69, 9.17) is 5.73 Å². The second-order valence-corrected chi connectivity index (χ2v) is 4.43. The number of carbonyl (C=O) groups excluding carboxylic acids is 1. The molecule has 0 saturated heterocycles. The zero-order valence-electron chi connectivity index (χ0n) is 8.66. The number of halogens is 1. The van der Waals surface area contributed by atoms with Crippen molar-refractivity contribution in [3.05, 3.63) is 34.3 Å². The second kappa shape index (κ2) is 5.88. The molecule has 1 amide bonds. The van der Waals surface area contributed by atoms with Gasteiger partial charge in [-0.3, -0.25) is 4.79 Å². The fourth-order valence-electron chi connectivity index (χ4n) is 1.22.